The van der Waals surface area contributed by atoms with Crippen LogP contribution in [0.15, 0.2) is 40.9 Å². The normalized spacial score (nSPS) is 21.0. The number of hydrogen-bond acceptors (Lipinski definition) is 6. The second kappa shape index (κ2) is 6.54. The van der Waals surface area contributed by atoms with Gasteiger partial charge in [0.2, 0.25) is 0 Å². The maximum atomic E-state index is 12.0. The number of methoxy groups -OCH3 is 1. The highest BCUT2D eigenvalue weighted by Gasteiger charge is 2.42. The zero-order valence-electron chi connectivity index (χ0n) is 12.4. The minimum absolute atomic E-state index is 0.204. The molecule has 1 fully saturated rings. The molecule has 0 aliphatic carbocycles. The van der Waals surface area contributed by atoms with E-state index in [1.165, 1.54) is 7.11 Å². The fourth-order valence-corrected chi connectivity index (χ4v) is 3.88. The third-order valence-electron chi connectivity index (χ3n) is 3.82. The van der Waals surface area contributed by atoms with Gasteiger partial charge in [-0.15, -0.1) is 0 Å². The lowest BCUT2D eigenvalue weighted by Crippen LogP contribution is -2.52. The van der Waals surface area contributed by atoms with Gasteiger partial charge in [-0.1, -0.05) is 35.5 Å². The summed E-state index contributed by atoms with van der Waals surface area (Å²) in [5.74, 6) is 2.20. The molecule has 1 aliphatic rings. The second-order valence-electron chi connectivity index (χ2n) is 5.28. The molecule has 1 saturated heterocycles. The molecular weight excluding hydrogens is 300 g/mol. The van der Waals surface area contributed by atoms with Crippen molar-refractivity contribution < 1.29 is 14.1 Å². The van der Waals surface area contributed by atoms with Crippen molar-refractivity contribution in [1.29, 1.82) is 0 Å². The molecule has 3 rings (SSSR count). The number of nitrogens with one attached hydrogen (secondary N) is 1. The van der Waals surface area contributed by atoms with E-state index in [0.29, 0.717) is 6.54 Å². The molecule has 2 heterocycles. The number of ether oxygens (including phenoxy) is 1. The van der Waals surface area contributed by atoms with E-state index >= 15 is 0 Å². The van der Waals surface area contributed by atoms with Gasteiger partial charge >= 0.3 is 5.97 Å². The van der Waals surface area contributed by atoms with Crippen molar-refractivity contribution in [3.05, 3.63) is 42.1 Å². The van der Waals surface area contributed by atoms with Crippen molar-refractivity contribution in [2.75, 3.05) is 18.6 Å². The number of aromatic nitrogens is 1. The monoisotopic (exact) mass is 318 g/mol. The molecule has 5 nitrogen and oxygen atoms in total. The Kier molecular flexibility index (Phi) is 4.49. The molecule has 1 aromatic heterocycles. The molecule has 0 spiro atoms. The van der Waals surface area contributed by atoms with Crippen LogP contribution in [0.3, 0.4) is 0 Å². The summed E-state index contributed by atoms with van der Waals surface area (Å²) in [5, 5.41) is 7.38. The van der Waals surface area contributed by atoms with E-state index in [0.717, 1.165) is 34.9 Å². The van der Waals surface area contributed by atoms with Crippen molar-refractivity contribution in [2.45, 2.75) is 18.5 Å². The van der Waals surface area contributed by atoms with Crippen LogP contribution in [-0.4, -0.2) is 35.3 Å². The number of benzene rings is 1. The lowest BCUT2D eigenvalue weighted by molar-refractivity contribution is -0.147. The Morgan fingerprint density at radius 1 is 1.45 bits per heavy atom. The van der Waals surface area contributed by atoms with E-state index in [1.807, 2.05) is 36.4 Å². The molecule has 6 heteroatoms. The molecule has 2 aromatic rings. The van der Waals surface area contributed by atoms with E-state index in [1.54, 1.807) is 11.8 Å². The highest BCUT2D eigenvalue weighted by Crippen LogP contribution is 2.29. The van der Waals surface area contributed by atoms with Crippen LogP contribution in [0.1, 0.15) is 12.1 Å². The Bertz CT molecular complexity index is 636. The lowest BCUT2D eigenvalue weighted by atomic mass is 9.99. The van der Waals surface area contributed by atoms with E-state index in [4.69, 9.17) is 9.26 Å². The molecule has 1 aromatic carbocycles. The van der Waals surface area contributed by atoms with Gasteiger partial charge in [0, 0.05) is 23.9 Å². The van der Waals surface area contributed by atoms with Crippen molar-refractivity contribution >= 4 is 17.7 Å². The molecule has 1 atom stereocenters. The molecule has 116 valence electrons. The van der Waals surface area contributed by atoms with Crippen molar-refractivity contribution in [3.8, 4) is 11.3 Å². The number of carbonyl (C=O) groups excluding carboxylic acids is 1. The highest BCUT2D eigenvalue weighted by molar-refractivity contribution is 7.99. The van der Waals surface area contributed by atoms with E-state index < -0.39 is 5.54 Å². The van der Waals surface area contributed by atoms with Crippen molar-refractivity contribution in [2.24, 2.45) is 0 Å². The number of nitrogens with zero attached hydrogens (tertiary/aromatic N) is 1. The van der Waals surface area contributed by atoms with Crippen molar-refractivity contribution in [3.63, 3.8) is 0 Å². The molecule has 0 amide bonds. The summed E-state index contributed by atoms with van der Waals surface area (Å²) in [7, 11) is 1.43. The number of rotatable bonds is 5. The summed E-state index contributed by atoms with van der Waals surface area (Å²) in [5.41, 5.74) is 1.16. The maximum Gasteiger partial charge on any atom is 0.326 e. The maximum absolute atomic E-state index is 12.0. The molecule has 1 unspecified atom stereocenters. The highest BCUT2D eigenvalue weighted by atomic mass is 32.2. The van der Waals surface area contributed by atoms with E-state index in [9.17, 15) is 4.79 Å². The van der Waals surface area contributed by atoms with E-state index in [-0.39, 0.29) is 5.97 Å². The minimum Gasteiger partial charge on any atom is -0.468 e. The van der Waals surface area contributed by atoms with Crippen LogP contribution in [0.25, 0.3) is 11.3 Å². The van der Waals surface area contributed by atoms with Gasteiger partial charge in [-0.2, -0.15) is 11.8 Å². The van der Waals surface area contributed by atoms with Crippen LogP contribution in [0.5, 0.6) is 0 Å². The molecule has 0 bridgehead atoms. The standard InChI is InChI=1S/C16H18N2O3S/c1-20-15(19)16(7-8-22-11-16)17-10-13-9-14(21-18-13)12-5-3-2-4-6-12/h2-6,9,17H,7-8,10-11H2,1H3. The first kappa shape index (κ1) is 15.1. The van der Waals surface area contributed by atoms with E-state index in [2.05, 4.69) is 10.5 Å². The number of carbonyl (C=O) groups is 1. The Labute approximate surface area is 133 Å². The minimum atomic E-state index is -0.606. The van der Waals surface area contributed by atoms with Gasteiger partial charge in [0.15, 0.2) is 5.76 Å². The molecular formula is C16H18N2O3S. The molecule has 1 aliphatic heterocycles. The third-order valence-corrected chi connectivity index (χ3v) is 5.01. The largest absolute Gasteiger partial charge is 0.468 e. The van der Waals surface area contributed by atoms with Gasteiger partial charge in [0.1, 0.15) is 5.54 Å². The summed E-state index contributed by atoms with van der Waals surface area (Å²) >= 11 is 1.75. The summed E-state index contributed by atoms with van der Waals surface area (Å²) in [4.78, 5) is 12.0. The predicted octanol–water partition coefficient (Wildman–Crippen LogP) is 2.48. The van der Waals surface area contributed by atoms with Gasteiger partial charge in [0.05, 0.1) is 12.8 Å². The van der Waals surface area contributed by atoms with Crippen LogP contribution in [0.4, 0.5) is 0 Å². The fourth-order valence-electron chi connectivity index (χ4n) is 2.53. The second-order valence-corrected chi connectivity index (χ2v) is 6.38. The molecule has 22 heavy (non-hydrogen) atoms. The summed E-state index contributed by atoms with van der Waals surface area (Å²) in [6.07, 6.45) is 0.772. The Balaban J connectivity index is 1.69. The zero-order chi connectivity index (χ0) is 15.4. The van der Waals surface area contributed by atoms with Crippen LogP contribution < -0.4 is 5.32 Å². The Morgan fingerprint density at radius 3 is 2.95 bits per heavy atom. The molecule has 0 saturated carbocycles. The first-order valence-corrected chi connectivity index (χ1v) is 8.31. The number of esters is 1. The first-order valence-electron chi connectivity index (χ1n) is 7.16. The van der Waals surface area contributed by atoms with Crippen molar-refractivity contribution in [1.82, 2.24) is 10.5 Å². The van der Waals surface area contributed by atoms with Gasteiger partial charge < -0.3 is 9.26 Å². The summed E-state index contributed by atoms with van der Waals surface area (Å²) < 4.78 is 10.3. The van der Waals surface area contributed by atoms with Crippen LogP contribution in [-0.2, 0) is 16.1 Å². The fraction of sp³-hybridized carbons (Fsp3) is 0.375. The lowest BCUT2D eigenvalue weighted by Gasteiger charge is -2.25. The molecule has 0 radical (unpaired) electrons. The van der Waals surface area contributed by atoms with Gasteiger partial charge in [-0.3, -0.25) is 10.1 Å². The average Bonchev–Trinajstić information content (AvgIpc) is 3.23. The zero-order valence-corrected chi connectivity index (χ0v) is 13.2. The number of thioether (sulfide) groups is 1. The topological polar surface area (TPSA) is 64.4 Å². The molecule has 1 N–H and O–H groups in total. The first-order chi connectivity index (χ1) is 10.7. The van der Waals surface area contributed by atoms with Gasteiger partial charge in [-0.25, -0.2) is 0 Å². The predicted molar refractivity (Wildman–Crippen MR) is 85.5 cm³/mol. The summed E-state index contributed by atoms with van der Waals surface area (Å²) in [6.45, 7) is 0.478. The summed E-state index contributed by atoms with van der Waals surface area (Å²) in [6, 6.07) is 11.7. The van der Waals surface area contributed by atoms with Gasteiger partial charge in [-0.05, 0) is 12.2 Å². The third kappa shape index (κ3) is 3.03. The SMILES string of the molecule is COC(=O)C1(NCc2cc(-c3ccccc3)on2)CCSC1. The van der Waals surface area contributed by atoms with Crippen LogP contribution in [0.2, 0.25) is 0 Å². The smallest absolute Gasteiger partial charge is 0.326 e. The average molecular weight is 318 g/mol. The Morgan fingerprint density at radius 2 is 2.27 bits per heavy atom. The quantitative estimate of drug-likeness (QED) is 0.855. The van der Waals surface area contributed by atoms with Gasteiger partial charge in [0.25, 0.3) is 0 Å². The Hall–Kier alpha value is -1.79. The van der Waals surface area contributed by atoms with Crippen LogP contribution >= 0.6 is 11.8 Å². The number of hydrogen-bond donors (Lipinski definition) is 1. The van der Waals surface area contributed by atoms with Crippen LogP contribution in [0, 0.1) is 0 Å².